The maximum atomic E-state index is 13.7. The van der Waals surface area contributed by atoms with Crippen molar-refractivity contribution in [1.29, 1.82) is 0 Å². The van der Waals surface area contributed by atoms with Crippen molar-refractivity contribution >= 4 is 29.1 Å². The fourth-order valence-corrected chi connectivity index (χ4v) is 6.47. The summed E-state index contributed by atoms with van der Waals surface area (Å²) in [5.74, 6) is 2.40. The van der Waals surface area contributed by atoms with Gasteiger partial charge in [-0.1, -0.05) is 29.6 Å². The van der Waals surface area contributed by atoms with Crippen LogP contribution in [0.15, 0.2) is 36.4 Å². The van der Waals surface area contributed by atoms with Gasteiger partial charge in [0.05, 0.1) is 29.1 Å². The van der Waals surface area contributed by atoms with Crippen LogP contribution in [-0.2, 0) is 5.60 Å². The minimum Gasteiger partial charge on any atom is -0.497 e. The summed E-state index contributed by atoms with van der Waals surface area (Å²) < 4.78 is 13.6. The number of aromatic nitrogens is 2. The Morgan fingerprint density at radius 1 is 1.14 bits per heavy atom. The first-order valence-electron chi connectivity index (χ1n) is 12.3. The molecule has 1 saturated heterocycles. The summed E-state index contributed by atoms with van der Waals surface area (Å²) in [5, 5.41) is 7.85. The summed E-state index contributed by atoms with van der Waals surface area (Å²) in [6.07, 6.45) is 3.75. The van der Waals surface area contributed by atoms with Gasteiger partial charge < -0.3 is 9.47 Å². The van der Waals surface area contributed by atoms with Crippen LogP contribution in [0.4, 0.5) is 0 Å². The van der Waals surface area contributed by atoms with E-state index in [0.29, 0.717) is 50.3 Å². The number of carbonyl (C=O) groups is 1. The lowest BCUT2D eigenvalue weighted by molar-refractivity contribution is 0.0778. The molecule has 2 aromatic carbocycles. The molecule has 1 amide bonds. The number of halogens is 2. The number of amides is 1. The lowest BCUT2D eigenvalue weighted by Gasteiger charge is -2.34. The van der Waals surface area contributed by atoms with E-state index in [0.717, 1.165) is 24.3 Å². The molecule has 36 heavy (non-hydrogen) atoms. The van der Waals surface area contributed by atoms with Gasteiger partial charge in [-0.15, -0.1) is 0 Å². The first-order chi connectivity index (χ1) is 17.2. The molecule has 0 spiro atoms. The van der Waals surface area contributed by atoms with E-state index in [2.05, 4.69) is 5.43 Å². The van der Waals surface area contributed by atoms with Gasteiger partial charge in [-0.25, -0.2) is 9.69 Å². The standard InChI is InChI=1S/C27H28Cl2N4O3/c1-27(2)23-24(26(34)31-32-13-15-5-4-6-16(15)14-32)30-33(21-10-7-17(28)11-20(21)29)25(23)19-9-8-18(35-3)12-22(19)36-27/h7-12,15-16H,4-6,13-14H2,1-3H3,(H,31,34). The maximum absolute atomic E-state index is 13.7. The van der Waals surface area contributed by atoms with Crippen molar-refractivity contribution in [1.82, 2.24) is 20.2 Å². The Balaban J connectivity index is 1.49. The fourth-order valence-electron chi connectivity index (χ4n) is 5.98. The van der Waals surface area contributed by atoms with Crippen LogP contribution in [0, 0.1) is 11.8 Å². The van der Waals surface area contributed by atoms with E-state index in [1.165, 1.54) is 19.3 Å². The third-order valence-electron chi connectivity index (χ3n) is 7.64. The maximum Gasteiger partial charge on any atom is 0.286 e. The van der Waals surface area contributed by atoms with E-state index in [9.17, 15) is 4.79 Å². The van der Waals surface area contributed by atoms with Crippen molar-refractivity contribution in [2.75, 3.05) is 20.2 Å². The van der Waals surface area contributed by atoms with Crippen LogP contribution in [0.1, 0.15) is 49.2 Å². The van der Waals surface area contributed by atoms with Crippen molar-refractivity contribution in [2.24, 2.45) is 11.8 Å². The summed E-state index contributed by atoms with van der Waals surface area (Å²) in [4.78, 5) is 13.7. The molecule has 0 bridgehead atoms. The van der Waals surface area contributed by atoms with Crippen LogP contribution >= 0.6 is 23.2 Å². The molecular weight excluding hydrogens is 499 g/mol. The number of rotatable bonds is 4. The number of methoxy groups -OCH3 is 1. The smallest absolute Gasteiger partial charge is 0.286 e. The Labute approximate surface area is 220 Å². The molecule has 7 nitrogen and oxygen atoms in total. The Morgan fingerprint density at radius 3 is 2.58 bits per heavy atom. The zero-order chi connectivity index (χ0) is 25.2. The third-order valence-corrected chi connectivity index (χ3v) is 8.17. The molecule has 3 heterocycles. The van der Waals surface area contributed by atoms with Gasteiger partial charge in [0.2, 0.25) is 0 Å². The lowest BCUT2D eigenvalue weighted by atomic mass is 9.88. The van der Waals surface area contributed by atoms with E-state index in [4.69, 9.17) is 37.8 Å². The number of hydrogen-bond acceptors (Lipinski definition) is 5. The normalized spacial score (nSPS) is 21.9. The highest BCUT2D eigenvalue weighted by atomic mass is 35.5. The molecule has 3 aromatic rings. The van der Waals surface area contributed by atoms with Gasteiger partial charge in [0.15, 0.2) is 5.69 Å². The number of carbonyl (C=O) groups excluding carboxylic acids is 1. The molecule has 1 saturated carbocycles. The van der Waals surface area contributed by atoms with E-state index >= 15 is 0 Å². The SMILES string of the molecule is COc1ccc2c(c1)OC(C)(C)c1c(C(=O)NN3CC4CCCC4C3)nn(-c3ccc(Cl)cc3Cl)c1-2. The molecule has 3 aliphatic rings. The fraction of sp³-hybridized carbons (Fsp3) is 0.407. The molecule has 0 radical (unpaired) electrons. The Morgan fingerprint density at radius 2 is 1.89 bits per heavy atom. The Hall–Kier alpha value is -2.74. The molecule has 6 rings (SSSR count). The van der Waals surface area contributed by atoms with Gasteiger partial charge in [0.1, 0.15) is 17.1 Å². The Kier molecular flexibility index (Phi) is 5.70. The average Bonchev–Trinajstić information content (AvgIpc) is 3.52. The van der Waals surface area contributed by atoms with Crippen LogP contribution in [-0.4, -0.2) is 40.9 Å². The molecule has 1 aromatic heterocycles. The van der Waals surface area contributed by atoms with Crippen LogP contribution in [0.2, 0.25) is 10.0 Å². The highest BCUT2D eigenvalue weighted by molar-refractivity contribution is 6.35. The minimum atomic E-state index is -0.833. The number of ether oxygens (including phenoxy) is 2. The second-order valence-corrected chi connectivity index (χ2v) is 11.2. The number of nitrogens with one attached hydrogen (secondary N) is 1. The average molecular weight is 527 g/mol. The summed E-state index contributed by atoms with van der Waals surface area (Å²) in [6.45, 7) is 5.65. The number of fused-ring (bicyclic) bond motifs is 4. The molecule has 1 aliphatic carbocycles. The second-order valence-electron chi connectivity index (χ2n) is 10.4. The van der Waals surface area contributed by atoms with Crippen molar-refractivity contribution in [3.8, 4) is 28.4 Å². The van der Waals surface area contributed by atoms with Crippen LogP contribution in [0.3, 0.4) is 0 Å². The van der Waals surface area contributed by atoms with Crippen LogP contribution in [0.25, 0.3) is 16.9 Å². The summed E-state index contributed by atoms with van der Waals surface area (Å²) >= 11 is 12.8. The number of benzene rings is 2. The molecule has 9 heteroatoms. The van der Waals surface area contributed by atoms with Gasteiger partial charge in [-0.05, 0) is 68.9 Å². The quantitative estimate of drug-likeness (QED) is 0.461. The van der Waals surface area contributed by atoms with Crippen LogP contribution in [0.5, 0.6) is 11.5 Å². The number of hydrazine groups is 1. The molecular formula is C27H28Cl2N4O3. The highest BCUT2D eigenvalue weighted by Crippen LogP contribution is 2.49. The molecule has 188 valence electrons. The van der Waals surface area contributed by atoms with Gasteiger partial charge in [0, 0.05) is 29.7 Å². The van der Waals surface area contributed by atoms with E-state index in [-0.39, 0.29) is 5.91 Å². The van der Waals surface area contributed by atoms with E-state index in [1.54, 1.807) is 23.9 Å². The van der Waals surface area contributed by atoms with Gasteiger partial charge in [-0.3, -0.25) is 10.2 Å². The lowest BCUT2D eigenvalue weighted by Crippen LogP contribution is -2.42. The van der Waals surface area contributed by atoms with E-state index in [1.807, 2.05) is 43.1 Å². The molecule has 2 fully saturated rings. The van der Waals surface area contributed by atoms with Crippen molar-refractivity contribution in [3.05, 3.63) is 57.7 Å². The zero-order valence-electron chi connectivity index (χ0n) is 20.5. The molecule has 1 N–H and O–H groups in total. The molecule has 2 unspecified atom stereocenters. The summed E-state index contributed by atoms with van der Waals surface area (Å²) in [6, 6.07) is 10.9. The summed E-state index contributed by atoms with van der Waals surface area (Å²) in [5.41, 5.74) is 5.52. The molecule has 2 atom stereocenters. The largest absolute Gasteiger partial charge is 0.497 e. The zero-order valence-corrected chi connectivity index (χ0v) is 22.0. The first kappa shape index (κ1) is 23.6. The predicted octanol–water partition coefficient (Wildman–Crippen LogP) is 5.86. The second kappa shape index (κ2) is 8.68. The van der Waals surface area contributed by atoms with Crippen molar-refractivity contribution < 1.29 is 14.3 Å². The van der Waals surface area contributed by atoms with Gasteiger partial charge >= 0.3 is 0 Å². The topological polar surface area (TPSA) is 68.6 Å². The Bertz CT molecular complexity index is 1360. The highest BCUT2D eigenvalue weighted by Gasteiger charge is 2.43. The van der Waals surface area contributed by atoms with Gasteiger partial charge in [0.25, 0.3) is 5.91 Å². The molecule has 2 aliphatic heterocycles. The third kappa shape index (κ3) is 3.85. The number of nitrogens with zero attached hydrogens (tertiary/aromatic N) is 3. The van der Waals surface area contributed by atoms with Gasteiger partial charge in [-0.2, -0.15) is 5.10 Å². The predicted molar refractivity (Wildman–Crippen MR) is 139 cm³/mol. The van der Waals surface area contributed by atoms with Crippen molar-refractivity contribution in [2.45, 2.75) is 38.7 Å². The first-order valence-corrected chi connectivity index (χ1v) is 13.0. The van der Waals surface area contributed by atoms with E-state index < -0.39 is 5.60 Å². The summed E-state index contributed by atoms with van der Waals surface area (Å²) in [7, 11) is 1.62. The van der Waals surface area contributed by atoms with Crippen molar-refractivity contribution in [3.63, 3.8) is 0 Å². The minimum absolute atomic E-state index is 0.247. The van der Waals surface area contributed by atoms with Crippen LogP contribution < -0.4 is 14.9 Å². The monoisotopic (exact) mass is 526 g/mol. The number of hydrogen-bond donors (Lipinski definition) is 1.